The molecule has 0 saturated carbocycles. The highest BCUT2D eigenvalue weighted by molar-refractivity contribution is 5.94. The van der Waals surface area contributed by atoms with E-state index in [2.05, 4.69) is 15.1 Å². The minimum atomic E-state index is -0.250. The van der Waals surface area contributed by atoms with Gasteiger partial charge >= 0.3 is 0 Å². The average Bonchev–Trinajstić information content (AvgIpc) is 2.80. The highest BCUT2D eigenvalue weighted by Crippen LogP contribution is 2.41. The molecule has 0 aromatic heterocycles. The molecule has 4 rings (SSSR count). The first-order valence-electron chi connectivity index (χ1n) is 11.6. The van der Waals surface area contributed by atoms with Crippen molar-refractivity contribution >= 4 is 18.3 Å². The first-order valence-corrected chi connectivity index (χ1v) is 11.6. The van der Waals surface area contributed by atoms with E-state index in [1.165, 1.54) is 0 Å². The molecule has 0 spiro atoms. The molecule has 2 amide bonds. The predicted octanol–water partition coefficient (Wildman–Crippen LogP) is 1.86. The Morgan fingerprint density at radius 3 is 2.69 bits per heavy atom. The molecule has 3 aliphatic heterocycles. The van der Waals surface area contributed by atoms with Gasteiger partial charge in [-0.05, 0) is 50.2 Å². The number of carbonyl (C=O) groups is 3. The molecule has 0 unspecified atom stereocenters. The molecule has 176 valence electrons. The van der Waals surface area contributed by atoms with Gasteiger partial charge in [-0.15, -0.1) is 0 Å². The fourth-order valence-electron chi connectivity index (χ4n) is 5.54. The zero-order valence-electron chi connectivity index (χ0n) is 18.8. The maximum atomic E-state index is 12.9. The Bertz CT molecular complexity index is 759. The summed E-state index contributed by atoms with van der Waals surface area (Å²) in [5.41, 5.74) is 0.671. The average molecular weight is 446 g/mol. The Morgan fingerprint density at radius 1 is 1.25 bits per heavy atom. The largest absolute Gasteiger partial charge is 0.483 e. The molecule has 0 radical (unpaired) electrons. The van der Waals surface area contributed by atoms with Crippen molar-refractivity contribution in [2.75, 3.05) is 39.4 Å². The van der Waals surface area contributed by atoms with Gasteiger partial charge in [0.25, 0.3) is 12.4 Å². The topological polar surface area (TPSA) is 99.2 Å². The summed E-state index contributed by atoms with van der Waals surface area (Å²) in [6.45, 7) is 6.81. The summed E-state index contributed by atoms with van der Waals surface area (Å²) in [4.78, 5) is 38.5. The van der Waals surface area contributed by atoms with Crippen LogP contribution in [0.4, 0.5) is 0 Å². The Balaban J connectivity index is 0.000000913. The standard InChI is InChI=1S/C23H33N3O3.CH2O2/c1-2-29-12-11-25-15-18-13-19(16-25)21(26-20(18)9-6-10-22(26)27)14-24-23(28)17-7-4-3-5-8-17;2-1-3/h3-5,7-8,18-21H,2,6,9-16H2,1H3,(H,24,28);1H,(H,2,3)/t18-,19+,20+,21+;/m1./s1. The van der Waals surface area contributed by atoms with Gasteiger partial charge in [0.15, 0.2) is 0 Å². The maximum absolute atomic E-state index is 12.9. The number of carboxylic acid groups (broad SMARTS) is 1. The van der Waals surface area contributed by atoms with Crippen molar-refractivity contribution in [1.82, 2.24) is 15.1 Å². The third-order valence-corrected chi connectivity index (χ3v) is 6.84. The molecule has 2 N–H and O–H groups in total. The lowest BCUT2D eigenvalue weighted by Gasteiger charge is -2.56. The molecular formula is C24H35N3O5. The second-order valence-electron chi connectivity index (χ2n) is 8.72. The van der Waals surface area contributed by atoms with Gasteiger partial charge in [0, 0.05) is 50.8 Å². The molecule has 0 aliphatic carbocycles. The molecular weight excluding hydrogens is 410 g/mol. The SMILES string of the molecule is CCOCCN1C[C@H]2C[C@@H](C1)[C@H](CNC(=O)c1ccccc1)N1C(=O)CCC[C@@H]21.O=CO. The van der Waals surface area contributed by atoms with Crippen molar-refractivity contribution in [2.24, 2.45) is 11.8 Å². The molecule has 3 saturated heterocycles. The van der Waals surface area contributed by atoms with Crippen LogP contribution >= 0.6 is 0 Å². The van der Waals surface area contributed by atoms with Crippen LogP contribution in [-0.2, 0) is 14.3 Å². The van der Waals surface area contributed by atoms with E-state index in [0.717, 1.165) is 52.1 Å². The summed E-state index contributed by atoms with van der Waals surface area (Å²) < 4.78 is 5.57. The maximum Gasteiger partial charge on any atom is 0.290 e. The second kappa shape index (κ2) is 12.0. The smallest absolute Gasteiger partial charge is 0.290 e. The van der Waals surface area contributed by atoms with Gasteiger partial charge in [0.05, 0.1) is 12.6 Å². The van der Waals surface area contributed by atoms with Gasteiger partial charge in [0.1, 0.15) is 0 Å². The lowest BCUT2D eigenvalue weighted by atomic mass is 9.72. The second-order valence-corrected chi connectivity index (χ2v) is 8.72. The van der Waals surface area contributed by atoms with Crippen molar-refractivity contribution in [2.45, 2.75) is 44.7 Å². The number of piperidine rings is 3. The number of hydrogen-bond donors (Lipinski definition) is 2. The van der Waals surface area contributed by atoms with Gasteiger partial charge < -0.3 is 25.0 Å². The number of ether oxygens (including phenoxy) is 1. The molecule has 3 fully saturated rings. The van der Waals surface area contributed by atoms with Gasteiger partial charge in [-0.25, -0.2) is 0 Å². The van der Waals surface area contributed by atoms with E-state index in [1.54, 1.807) is 0 Å². The van der Waals surface area contributed by atoms with Crippen LogP contribution in [0.1, 0.15) is 43.0 Å². The van der Waals surface area contributed by atoms with E-state index in [9.17, 15) is 9.59 Å². The Kier molecular flexibility index (Phi) is 9.05. The van der Waals surface area contributed by atoms with E-state index >= 15 is 0 Å². The Hall–Kier alpha value is -2.45. The number of likely N-dealkylation sites (tertiary alicyclic amines) is 1. The number of hydrogen-bond acceptors (Lipinski definition) is 5. The van der Waals surface area contributed by atoms with E-state index in [4.69, 9.17) is 14.6 Å². The summed E-state index contributed by atoms with van der Waals surface area (Å²) in [5, 5.41) is 10.0. The molecule has 8 heteroatoms. The van der Waals surface area contributed by atoms with Crippen molar-refractivity contribution in [1.29, 1.82) is 0 Å². The van der Waals surface area contributed by atoms with Crippen LogP contribution in [0.15, 0.2) is 30.3 Å². The molecule has 2 bridgehead atoms. The van der Waals surface area contributed by atoms with Crippen LogP contribution in [0.2, 0.25) is 0 Å². The molecule has 1 aromatic carbocycles. The fourth-order valence-corrected chi connectivity index (χ4v) is 5.54. The number of nitrogens with zero attached hydrogens (tertiary/aromatic N) is 2. The van der Waals surface area contributed by atoms with E-state index in [1.807, 2.05) is 37.3 Å². The van der Waals surface area contributed by atoms with E-state index in [-0.39, 0.29) is 24.3 Å². The minimum Gasteiger partial charge on any atom is -0.483 e. The van der Waals surface area contributed by atoms with Crippen LogP contribution in [0.25, 0.3) is 0 Å². The van der Waals surface area contributed by atoms with E-state index < -0.39 is 0 Å². The lowest BCUT2D eigenvalue weighted by molar-refractivity contribution is -0.152. The van der Waals surface area contributed by atoms with Crippen LogP contribution in [-0.4, -0.2) is 84.7 Å². The number of nitrogens with one attached hydrogen (secondary N) is 1. The first kappa shape index (κ1) is 24.2. The third-order valence-electron chi connectivity index (χ3n) is 6.84. The monoisotopic (exact) mass is 445 g/mol. The molecule has 3 heterocycles. The first-order chi connectivity index (χ1) is 15.6. The van der Waals surface area contributed by atoms with Crippen LogP contribution in [0, 0.1) is 11.8 Å². The summed E-state index contributed by atoms with van der Waals surface area (Å²) in [5.74, 6) is 1.17. The summed E-state index contributed by atoms with van der Waals surface area (Å²) in [7, 11) is 0. The number of fused-ring (bicyclic) bond motifs is 4. The molecule has 3 aliphatic rings. The Morgan fingerprint density at radius 2 is 1.97 bits per heavy atom. The predicted molar refractivity (Wildman–Crippen MR) is 120 cm³/mol. The number of amides is 2. The highest BCUT2D eigenvalue weighted by Gasteiger charge is 2.49. The van der Waals surface area contributed by atoms with E-state index in [0.29, 0.717) is 36.4 Å². The zero-order chi connectivity index (χ0) is 22.9. The van der Waals surface area contributed by atoms with Gasteiger partial charge in [0.2, 0.25) is 5.91 Å². The van der Waals surface area contributed by atoms with Gasteiger partial charge in [-0.2, -0.15) is 0 Å². The number of rotatable bonds is 7. The minimum absolute atomic E-state index is 0.0576. The zero-order valence-corrected chi connectivity index (χ0v) is 18.8. The van der Waals surface area contributed by atoms with Crippen molar-refractivity contribution in [3.05, 3.63) is 35.9 Å². The molecule has 8 nitrogen and oxygen atoms in total. The van der Waals surface area contributed by atoms with Crippen molar-refractivity contribution in [3.63, 3.8) is 0 Å². The Labute approximate surface area is 189 Å². The third kappa shape index (κ3) is 5.86. The van der Waals surface area contributed by atoms with Crippen molar-refractivity contribution in [3.8, 4) is 0 Å². The molecule has 32 heavy (non-hydrogen) atoms. The molecule has 4 atom stereocenters. The quantitative estimate of drug-likeness (QED) is 0.491. The van der Waals surface area contributed by atoms with Gasteiger partial charge in [-0.3, -0.25) is 14.4 Å². The van der Waals surface area contributed by atoms with Gasteiger partial charge in [-0.1, -0.05) is 18.2 Å². The van der Waals surface area contributed by atoms with Crippen molar-refractivity contribution < 1.29 is 24.2 Å². The number of benzene rings is 1. The van der Waals surface area contributed by atoms with Crippen LogP contribution < -0.4 is 5.32 Å². The highest BCUT2D eigenvalue weighted by atomic mass is 16.5. The summed E-state index contributed by atoms with van der Waals surface area (Å²) in [6.07, 6.45) is 3.88. The number of carbonyl (C=O) groups excluding carboxylic acids is 2. The summed E-state index contributed by atoms with van der Waals surface area (Å²) >= 11 is 0. The lowest BCUT2D eigenvalue weighted by Crippen LogP contribution is -2.67. The summed E-state index contributed by atoms with van der Waals surface area (Å²) in [6, 6.07) is 9.73. The normalized spacial score (nSPS) is 27.0. The fraction of sp³-hybridized carbons (Fsp3) is 0.625. The van der Waals surface area contributed by atoms with Crippen LogP contribution in [0.3, 0.4) is 0 Å². The van der Waals surface area contributed by atoms with Crippen LogP contribution in [0.5, 0.6) is 0 Å². The molecule has 1 aromatic rings.